The molecule has 18 heavy (non-hydrogen) atoms. The lowest BCUT2D eigenvalue weighted by Crippen LogP contribution is -2.14. The van der Waals surface area contributed by atoms with Gasteiger partial charge in [-0.05, 0) is 12.0 Å². The van der Waals surface area contributed by atoms with E-state index >= 15 is 0 Å². The molecular weight excluding hydrogens is 250 g/mol. The van der Waals surface area contributed by atoms with Gasteiger partial charge in [-0.25, -0.2) is 9.97 Å². The summed E-state index contributed by atoms with van der Waals surface area (Å²) >= 11 is 5.80. The second-order valence-corrected chi connectivity index (χ2v) is 4.09. The van der Waals surface area contributed by atoms with Crippen LogP contribution in [0.1, 0.15) is 12.0 Å². The largest absolute Gasteiger partial charge is 0.308 e. The smallest absolute Gasteiger partial charge is 0.225 e. The minimum atomic E-state index is -0.124. The fraction of sp³-hybridized carbons (Fsp3) is 0.154. The quantitative estimate of drug-likeness (QED) is 0.921. The molecule has 5 heteroatoms. The number of halogens is 1. The summed E-state index contributed by atoms with van der Waals surface area (Å²) < 4.78 is 0. The number of aryl methyl sites for hydroxylation is 1. The standard InChI is InChI=1S/C13H12ClN3O/c14-12-13(16-9-8-15-12)17-11(18)7-6-10-4-2-1-3-5-10/h1-5,8-9H,6-7H2,(H,16,17,18). The van der Waals surface area contributed by atoms with Crippen LogP contribution in [0.15, 0.2) is 42.7 Å². The van der Waals surface area contributed by atoms with Gasteiger partial charge in [-0.2, -0.15) is 0 Å². The van der Waals surface area contributed by atoms with Gasteiger partial charge in [0.1, 0.15) is 0 Å². The molecule has 92 valence electrons. The first kappa shape index (κ1) is 12.5. The van der Waals surface area contributed by atoms with Crippen molar-refractivity contribution in [3.8, 4) is 0 Å². The van der Waals surface area contributed by atoms with Crippen LogP contribution in [-0.4, -0.2) is 15.9 Å². The number of anilines is 1. The molecule has 2 aromatic rings. The summed E-state index contributed by atoms with van der Waals surface area (Å²) in [5.41, 5.74) is 1.12. The molecule has 1 heterocycles. The van der Waals surface area contributed by atoms with E-state index in [1.165, 1.54) is 12.4 Å². The number of nitrogens with zero attached hydrogens (tertiary/aromatic N) is 2. The lowest BCUT2D eigenvalue weighted by Gasteiger charge is -2.05. The third-order valence-corrected chi connectivity index (χ3v) is 2.67. The third-order valence-electron chi connectivity index (χ3n) is 2.39. The minimum Gasteiger partial charge on any atom is -0.308 e. The van der Waals surface area contributed by atoms with Crippen molar-refractivity contribution in [2.24, 2.45) is 0 Å². The Morgan fingerprint density at radius 1 is 1.17 bits per heavy atom. The van der Waals surface area contributed by atoms with E-state index in [0.29, 0.717) is 18.7 Å². The van der Waals surface area contributed by atoms with Gasteiger partial charge in [0.2, 0.25) is 5.91 Å². The van der Waals surface area contributed by atoms with Crippen LogP contribution < -0.4 is 5.32 Å². The van der Waals surface area contributed by atoms with E-state index in [-0.39, 0.29) is 11.1 Å². The molecule has 2 rings (SSSR count). The Morgan fingerprint density at radius 3 is 2.61 bits per heavy atom. The van der Waals surface area contributed by atoms with E-state index < -0.39 is 0 Å². The minimum absolute atomic E-state index is 0.124. The molecule has 0 unspecified atom stereocenters. The summed E-state index contributed by atoms with van der Waals surface area (Å²) in [6, 6.07) is 9.83. The summed E-state index contributed by atoms with van der Waals surface area (Å²) in [7, 11) is 0. The van der Waals surface area contributed by atoms with Crippen molar-refractivity contribution in [2.45, 2.75) is 12.8 Å². The van der Waals surface area contributed by atoms with Crippen molar-refractivity contribution in [3.05, 3.63) is 53.4 Å². The molecule has 0 aliphatic heterocycles. The number of benzene rings is 1. The predicted molar refractivity (Wildman–Crippen MR) is 70.4 cm³/mol. The molecule has 0 radical (unpaired) electrons. The predicted octanol–water partition coefficient (Wildman–Crippen LogP) is 2.70. The monoisotopic (exact) mass is 261 g/mol. The molecule has 0 fully saturated rings. The zero-order valence-corrected chi connectivity index (χ0v) is 10.4. The van der Waals surface area contributed by atoms with Crippen LogP contribution in [0.25, 0.3) is 0 Å². The molecule has 0 aliphatic rings. The maximum Gasteiger partial charge on any atom is 0.225 e. The first-order chi connectivity index (χ1) is 8.75. The number of hydrogen-bond donors (Lipinski definition) is 1. The molecule has 0 saturated heterocycles. The Balaban J connectivity index is 1.88. The van der Waals surface area contributed by atoms with Gasteiger partial charge >= 0.3 is 0 Å². The molecule has 1 N–H and O–H groups in total. The average molecular weight is 262 g/mol. The highest BCUT2D eigenvalue weighted by molar-refractivity contribution is 6.32. The van der Waals surface area contributed by atoms with Crippen molar-refractivity contribution in [1.82, 2.24) is 9.97 Å². The average Bonchev–Trinajstić information content (AvgIpc) is 2.40. The second kappa shape index (κ2) is 6.12. The highest BCUT2D eigenvalue weighted by atomic mass is 35.5. The fourth-order valence-electron chi connectivity index (χ4n) is 1.50. The van der Waals surface area contributed by atoms with Gasteiger partial charge in [-0.15, -0.1) is 0 Å². The van der Waals surface area contributed by atoms with Crippen LogP contribution in [0.5, 0.6) is 0 Å². The number of carbonyl (C=O) groups is 1. The summed E-state index contributed by atoms with van der Waals surface area (Å²) in [5, 5.41) is 2.84. The molecule has 1 aromatic heterocycles. The lowest BCUT2D eigenvalue weighted by molar-refractivity contribution is -0.116. The normalized spacial score (nSPS) is 10.1. The number of nitrogens with one attached hydrogen (secondary N) is 1. The van der Waals surface area contributed by atoms with Crippen molar-refractivity contribution >= 4 is 23.3 Å². The van der Waals surface area contributed by atoms with E-state index in [4.69, 9.17) is 11.6 Å². The van der Waals surface area contributed by atoms with Gasteiger partial charge in [0.05, 0.1) is 0 Å². The Morgan fingerprint density at radius 2 is 1.89 bits per heavy atom. The number of aromatic nitrogens is 2. The van der Waals surface area contributed by atoms with E-state index in [1.807, 2.05) is 30.3 Å². The number of carbonyl (C=O) groups excluding carboxylic acids is 1. The zero-order chi connectivity index (χ0) is 12.8. The van der Waals surface area contributed by atoms with Gasteiger partial charge in [0.15, 0.2) is 11.0 Å². The van der Waals surface area contributed by atoms with Crippen LogP contribution >= 0.6 is 11.6 Å². The molecule has 0 spiro atoms. The fourth-order valence-corrected chi connectivity index (χ4v) is 1.65. The molecule has 0 atom stereocenters. The van der Waals surface area contributed by atoms with E-state index in [2.05, 4.69) is 15.3 Å². The van der Waals surface area contributed by atoms with E-state index in [1.54, 1.807) is 0 Å². The van der Waals surface area contributed by atoms with Crippen LogP contribution in [0, 0.1) is 0 Å². The Kier molecular flexibility index (Phi) is 4.25. The topological polar surface area (TPSA) is 54.9 Å². The molecule has 4 nitrogen and oxygen atoms in total. The summed E-state index contributed by atoms with van der Waals surface area (Å²) in [4.78, 5) is 19.5. The molecule has 0 saturated carbocycles. The van der Waals surface area contributed by atoms with Gasteiger partial charge in [-0.1, -0.05) is 41.9 Å². The summed E-state index contributed by atoms with van der Waals surface area (Å²) in [6.45, 7) is 0. The molecule has 0 bridgehead atoms. The summed E-state index contributed by atoms with van der Waals surface area (Å²) in [5.74, 6) is 0.179. The Labute approximate surface area is 110 Å². The Hall–Kier alpha value is -1.94. The van der Waals surface area contributed by atoms with Gasteiger partial charge in [0, 0.05) is 18.8 Å². The molecule has 1 amide bonds. The Bertz CT molecular complexity index is 531. The first-order valence-electron chi connectivity index (χ1n) is 5.56. The first-order valence-corrected chi connectivity index (χ1v) is 5.94. The maximum absolute atomic E-state index is 11.7. The number of amides is 1. The van der Waals surface area contributed by atoms with Crippen molar-refractivity contribution in [3.63, 3.8) is 0 Å². The van der Waals surface area contributed by atoms with Crippen molar-refractivity contribution in [2.75, 3.05) is 5.32 Å². The van der Waals surface area contributed by atoms with E-state index in [9.17, 15) is 4.79 Å². The SMILES string of the molecule is O=C(CCc1ccccc1)Nc1nccnc1Cl. The highest BCUT2D eigenvalue weighted by Crippen LogP contribution is 2.14. The molecule has 1 aromatic carbocycles. The van der Waals surface area contributed by atoms with E-state index in [0.717, 1.165) is 5.56 Å². The lowest BCUT2D eigenvalue weighted by atomic mass is 10.1. The van der Waals surface area contributed by atoms with Crippen LogP contribution in [0.3, 0.4) is 0 Å². The van der Waals surface area contributed by atoms with Gasteiger partial charge in [0.25, 0.3) is 0 Å². The van der Waals surface area contributed by atoms with Gasteiger partial charge < -0.3 is 5.32 Å². The third kappa shape index (κ3) is 3.53. The second-order valence-electron chi connectivity index (χ2n) is 3.73. The van der Waals surface area contributed by atoms with Crippen molar-refractivity contribution < 1.29 is 4.79 Å². The maximum atomic E-state index is 11.7. The molecule has 0 aliphatic carbocycles. The molecular formula is C13H12ClN3O. The summed E-state index contributed by atoms with van der Waals surface area (Å²) in [6.07, 6.45) is 4.03. The zero-order valence-electron chi connectivity index (χ0n) is 9.64. The number of rotatable bonds is 4. The van der Waals surface area contributed by atoms with Crippen LogP contribution in [0.2, 0.25) is 5.15 Å². The van der Waals surface area contributed by atoms with Crippen molar-refractivity contribution in [1.29, 1.82) is 0 Å². The van der Waals surface area contributed by atoms with Gasteiger partial charge in [-0.3, -0.25) is 4.79 Å². The number of hydrogen-bond acceptors (Lipinski definition) is 3. The highest BCUT2D eigenvalue weighted by Gasteiger charge is 2.07. The van der Waals surface area contributed by atoms with Crippen LogP contribution in [-0.2, 0) is 11.2 Å². The van der Waals surface area contributed by atoms with Crippen LogP contribution in [0.4, 0.5) is 5.82 Å².